The van der Waals surface area contributed by atoms with Crippen LogP contribution in [0.2, 0.25) is 0 Å². The normalized spacial score (nSPS) is 11.5. The second-order valence-electron chi connectivity index (χ2n) is 4.22. The van der Waals surface area contributed by atoms with Gasteiger partial charge in [-0.05, 0) is 29.9 Å². The van der Waals surface area contributed by atoms with E-state index in [4.69, 9.17) is 11.6 Å². The molecule has 0 N–H and O–H groups in total. The van der Waals surface area contributed by atoms with E-state index in [9.17, 15) is 0 Å². The van der Waals surface area contributed by atoms with Crippen LogP contribution in [0.25, 0.3) is 6.08 Å². The number of rotatable bonds is 5. The molecule has 0 amide bonds. The zero-order valence-electron chi connectivity index (χ0n) is 9.54. The van der Waals surface area contributed by atoms with E-state index in [0.717, 1.165) is 12.8 Å². The molecule has 0 aromatic heterocycles. The summed E-state index contributed by atoms with van der Waals surface area (Å²) in [7, 11) is 0. The van der Waals surface area contributed by atoms with Crippen molar-refractivity contribution in [1.82, 2.24) is 0 Å². The molecular weight excluding hydrogens is 204 g/mol. The van der Waals surface area contributed by atoms with Crippen molar-refractivity contribution in [2.75, 3.05) is 5.88 Å². The molecular formula is C14H19Cl. The van der Waals surface area contributed by atoms with Gasteiger partial charge in [-0.15, -0.1) is 11.6 Å². The summed E-state index contributed by atoms with van der Waals surface area (Å²) in [6.45, 7) is 4.49. The van der Waals surface area contributed by atoms with Gasteiger partial charge in [0.05, 0.1) is 0 Å². The third kappa shape index (κ3) is 5.03. The highest BCUT2D eigenvalue weighted by molar-refractivity contribution is 6.17. The van der Waals surface area contributed by atoms with Crippen LogP contribution < -0.4 is 0 Å². The smallest absolute Gasteiger partial charge is 0.0258 e. The van der Waals surface area contributed by atoms with Gasteiger partial charge in [-0.1, -0.05) is 50.3 Å². The molecule has 0 heterocycles. The fraction of sp³-hybridized carbons (Fsp3) is 0.429. The van der Waals surface area contributed by atoms with Crippen molar-refractivity contribution >= 4 is 17.7 Å². The molecule has 0 bridgehead atoms. The fourth-order valence-corrected chi connectivity index (χ4v) is 1.70. The van der Waals surface area contributed by atoms with E-state index in [-0.39, 0.29) is 0 Å². The lowest BCUT2D eigenvalue weighted by Crippen LogP contribution is -1.93. The Morgan fingerprint density at radius 2 is 2.13 bits per heavy atom. The van der Waals surface area contributed by atoms with Gasteiger partial charge in [-0.3, -0.25) is 0 Å². The maximum absolute atomic E-state index is 5.62. The minimum Gasteiger partial charge on any atom is -0.126 e. The number of hydrogen-bond acceptors (Lipinski definition) is 0. The average Bonchev–Trinajstić information content (AvgIpc) is 2.18. The van der Waals surface area contributed by atoms with E-state index in [2.05, 4.69) is 50.3 Å². The van der Waals surface area contributed by atoms with Crippen LogP contribution in [0.5, 0.6) is 0 Å². The first-order valence-corrected chi connectivity index (χ1v) is 6.07. The molecule has 0 aliphatic heterocycles. The van der Waals surface area contributed by atoms with Crippen LogP contribution in [-0.4, -0.2) is 5.88 Å². The first-order valence-electron chi connectivity index (χ1n) is 5.54. The molecule has 0 radical (unpaired) electrons. The van der Waals surface area contributed by atoms with Crippen molar-refractivity contribution < 1.29 is 0 Å². The Hall–Kier alpha value is -0.750. The summed E-state index contributed by atoms with van der Waals surface area (Å²) in [5.74, 6) is 1.41. The maximum atomic E-state index is 5.62. The second-order valence-corrected chi connectivity index (χ2v) is 4.60. The van der Waals surface area contributed by atoms with Crippen LogP contribution in [0.4, 0.5) is 0 Å². The predicted octanol–water partition coefficient (Wildman–Crippen LogP) is 4.53. The Kier molecular flexibility index (Phi) is 5.49. The largest absolute Gasteiger partial charge is 0.126 e. The van der Waals surface area contributed by atoms with Crippen molar-refractivity contribution in [3.63, 3.8) is 0 Å². The zero-order valence-corrected chi connectivity index (χ0v) is 10.3. The molecule has 0 fully saturated rings. The summed E-state index contributed by atoms with van der Waals surface area (Å²) in [4.78, 5) is 0. The average molecular weight is 223 g/mol. The third-order valence-electron chi connectivity index (χ3n) is 2.18. The topological polar surface area (TPSA) is 0 Å². The molecule has 0 nitrogen and oxygen atoms in total. The molecule has 82 valence electrons. The molecule has 1 aromatic rings. The first kappa shape index (κ1) is 12.3. The van der Waals surface area contributed by atoms with Crippen LogP contribution in [0.1, 0.15) is 31.4 Å². The molecule has 0 saturated heterocycles. The minimum absolute atomic E-state index is 0.697. The SMILES string of the molecule is CC(C)Cc1cccc(/C=C/CCCl)c1. The Morgan fingerprint density at radius 1 is 1.33 bits per heavy atom. The van der Waals surface area contributed by atoms with E-state index in [0.29, 0.717) is 11.8 Å². The Bertz CT molecular complexity index is 313. The predicted molar refractivity (Wildman–Crippen MR) is 69.4 cm³/mol. The van der Waals surface area contributed by atoms with E-state index in [1.54, 1.807) is 0 Å². The van der Waals surface area contributed by atoms with E-state index in [1.165, 1.54) is 11.1 Å². The highest BCUT2D eigenvalue weighted by Gasteiger charge is 1.97. The third-order valence-corrected chi connectivity index (χ3v) is 2.40. The molecule has 15 heavy (non-hydrogen) atoms. The van der Waals surface area contributed by atoms with Gasteiger partial charge < -0.3 is 0 Å². The number of halogens is 1. The molecule has 1 rings (SSSR count). The van der Waals surface area contributed by atoms with Crippen molar-refractivity contribution in [2.45, 2.75) is 26.7 Å². The Labute approximate surface area is 98.0 Å². The van der Waals surface area contributed by atoms with Crippen LogP contribution in [-0.2, 0) is 6.42 Å². The fourth-order valence-electron chi connectivity index (χ4n) is 1.58. The highest BCUT2D eigenvalue weighted by Crippen LogP contribution is 2.12. The lowest BCUT2D eigenvalue weighted by atomic mass is 10.0. The van der Waals surface area contributed by atoms with Gasteiger partial charge in [-0.2, -0.15) is 0 Å². The van der Waals surface area contributed by atoms with Gasteiger partial charge in [0.2, 0.25) is 0 Å². The molecule has 1 aromatic carbocycles. The van der Waals surface area contributed by atoms with E-state index in [1.807, 2.05) is 0 Å². The summed E-state index contributed by atoms with van der Waals surface area (Å²) in [5, 5.41) is 0. The molecule has 0 aliphatic carbocycles. The lowest BCUT2D eigenvalue weighted by Gasteiger charge is -2.05. The first-order chi connectivity index (χ1) is 7.22. The monoisotopic (exact) mass is 222 g/mol. The molecule has 1 heteroatoms. The number of benzene rings is 1. The summed E-state index contributed by atoms with van der Waals surface area (Å²) < 4.78 is 0. The molecule has 0 aliphatic rings. The van der Waals surface area contributed by atoms with Gasteiger partial charge >= 0.3 is 0 Å². The number of hydrogen-bond donors (Lipinski definition) is 0. The van der Waals surface area contributed by atoms with Crippen LogP contribution in [0.3, 0.4) is 0 Å². The van der Waals surface area contributed by atoms with E-state index >= 15 is 0 Å². The molecule has 0 unspecified atom stereocenters. The highest BCUT2D eigenvalue weighted by atomic mass is 35.5. The number of alkyl halides is 1. The Balaban J connectivity index is 2.65. The molecule has 0 spiro atoms. The van der Waals surface area contributed by atoms with Crippen LogP contribution >= 0.6 is 11.6 Å². The van der Waals surface area contributed by atoms with Gasteiger partial charge in [0.1, 0.15) is 0 Å². The van der Waals surface area contributed by atoms with Crippen LogP contribution in [0.15, 0.2) is 30.3 Å². The summed E-state index contributed by atoms with van der Waals surface area (Å²) in [6, 6.07) is 8.70. The summed E-state index contributed by atoms with van der Waals surface area (Å²) in [6.07, 6.45) is 6.36. The zero-order chi connectivity index (χ0) is 11.1. The lowest BCUT2D eigenvalue weighted by molar-refractivity contribution is 0.647. The quantitative estimate of drug-likeness (QED) is 0.643. The second kappa shape index (κ2) is 6.68. The maximum Gasteiger partial charge on any atom is 0.0258 e. The van der Waals surface area contributed by atoms with Crippen LogP contribution in [0, 0.1) is 5.92 Å². The van der Waals surface area contributed by atoms with Crippen molar-refractivity contribution in [3.8, 4) is 0 Å². The summed E-state index contributed by atoms with van der Waals surface area (Å²) >= 11 is 5.62. The van der Waals surface area contributed by atoms with Crippen molar-refractivity contribution in [3.05, 3.63) is 41.5 Å². The van der Waals surface area contributed by atoms with Gasteiger partial charge in [0, 0.05) is 5.88 Å². The Morgan fingerprint density at radius 3 is 2.80 bits per heavy atom. The van der Waals surface area contributed by atoms with Crippen molar-refractivity contribution in [2.24, 2.45) is 5.92 Å². The van der Waals surface area contributed by atoms with E-state index < -0.39 is 0 Å². The number of allylic oxidation sites excluding steroid dienone is 1. The van der Waals surface area contributed by atoms with Gasteiger partial charge in [-0.25, -0.2) is 0 Å². The van der Waals surface area contributed by atoms with Crippen molar-refractivity contribution in [1.29, 1.82) is 0 Å². The standard InChI is InChI=1S/C14H19Cl/c1-12(2)10-14-8-5-7-13(11-14)6-3-4-9-15/h3,5-8,11-12H,4,9-10H2,1-2H3/b6-3+. The molecule has 0 atom stereocenters. The minimum atomic E-state index is 0.697. The summed E-state index contributed by atoms with van der Waals surface area (Å²) in [5.41, 5.74) is 2.69. The van der Waals surface area contributed by atoms with Gasteiger partial charge in [0.15, 0.2) is 0 Å². The van der Waals surface area contributed by atoms with Gasteiger partial charge in [0.25, 0.3) is 0 Å². The molecule has 0 saturated carbocycles.